The van der Waals surface area contributed by atoms with Gasteiger partial charge in [0.15, 0.2) is 0 Å². The van der Waals surface area contributed by atoms with Crippen LogP contribution in [0.2, 0.25) is 5.02 Å². The fourth-order valence-corrected chi connectivity index (χ4v) is 3.42. The van der Waals surface area contributed by atoms with Crippen molar-refractivity contribution >= 4 is 45.0 Å². The summed E-state index contributed by atoms with van der Waals surface area (Å²) in [5, 5.41) is 0.365. The minimum atomic E-state index is -0.263. The number of halogens is 2. The van der Waals surface area contributed by atoms with Crippen molar-refractivity contribution in [3.63, 3.8) is 0 Å². The van der Waals surface area contributed by atoms with Crippen molar-refractivity contribution in [2.24, 2.45) is 0 Å². The van der Waals surface area contributed by atoms with Crippen LogP contribution < -0.4 is 9.64 Å². The summed E-state index contributed by atoms with van der Waals surface area (Å²) in [6.45, 7) is 0.831. The van der Waals surface area contributed by atoms with Gasteiger partial charge in [-0.15, -0.1) is 0 Å². The molecule has 3 rings (SSSR count). The molecular formula is C19H18BrClN2O3. The Labute approximate surface area is 165 Å². The van der Waals surface area contributed by atoms with Crippen molar-refractivity contribution in [3.05, 3.63) is 57.5 Å². The molecule has 1 saturated heterocycles. The molecule has 0 radical (unpaired) electrons. The summed E-state index contributed by atoms with van der Waals surface area (Å²) in [4.78, 5) is 28.5. The molecule has 2 aromatic rings. The Morgan fingerprint density at radius 3 is 2.62 bits per heavy atom. The SMILES string of the molecule is COc1ccc(N(CN2CCCC2=O)C(=O)c2cc(Br)ccc2Cl)cc1. The van der Waals surface area contributed by atoms with Gasteiger partial charge in [0.25, 0.3) is 5.91 Å². The molecule has 0 unspecified atom stereocenters. The largest absolute Gasteiger partial charge is 0.497 e. The normalized spacial score (nSPS) is 13.8. The zero-order valence-corrected chi connectivity index (χ0v) is 16.6. The van der Waals surface area contributed by atoms with Crippen LogP contribution >= 0.6 is 27.5 Å². The third-order valence-electron chi connectivity index (χ3n) is 4.27. The van der Waals surface area contributed by atoms with Crippen LogP contribution in [0.15, 0.2) is 46.9 Å². The third-order valence-corrected chi connectivity index (χ3v) is 5.09. The van der Waals surface area contributed by atoms with E-state index in [-0.39, 0.29) is 18.5 Å². The third kappa shape index (κ3) is 4.02. The van der Waals surface area contributed by atoms with Gasteiger partial charge in [-0.3, -0.25) is 14.5 Å². The summed E-state index contributed by atoms with van der Waals surface area (Å²) in [7, 11) is 1.59. The molecule has 136 valence electrons. The average molecular weight is 438 g/mol. The minimum Gasteiger partial charge on any atom is -0.497 e. The second kappa shape index (κ2) is 8.10. The van der Waals surface area contributed by atoms with E-state index >= 15 is 0 Å². The van der Waals surface area contributed by atoms with Crippen LogP contribution in [0.3, 0.4) is 0 Å². The Balaban J connectivity index is 1.96. The lowest BCUT2D eigenvalue weighted by Gasteiger charge is -2.28. The van der Waals surface area contributed by atoms with E-state index < -0.39 is 0 Å². The molecule has 1 heterocycles. The first-order valence-corrected chi connectivity index (χ1v) is 9.35. The molecule has 26 heavy (non-hydrogen) atoms. The number of carbonyl (C=O) groups is 2. The Kier molecular flexibility index (Phi) is 5.84. The number of likely N-dealkylation sites (tertiary alicyclic amines) is 1. The van der Waals surface area contributed by atoms with Crippen LogP contribution in [0.25, 0.3) is 0 Å². The molecule has 0 saturated carbocycles. The molecule has 0 aliphatic carbocycles. The van der Waals surface area contributed by atoms with Crippen molar-refractivity contribution in [2.45, 2.75) is 12.8 Å². The van der Waals surface area contributed by atoms with E-state index in [1.807, 2.05) is 0 Å². The van der Waals surface area contributed by atoms with Gasteiger partial charge < -0.3 is 9.64 Å². The number of nitrogens with zero attached hydrogens (tertiary/aromatic N) is 2. The predicted octanol–water partition coefficient (Wildman–Crippen LogP) is 4.34. The molecule has 2 amide bonds. The van der Waals surface area contributed by atoms with E-state index in [9.17, 15) is 9.59 Å². The van der Waals surface area contributed by atoms with E-state index in [1.54, 1.807) is 59.4 Å². The highest BCUT2D eigenvalue weighted by atomic mass is 79.9. The topological polar surface area (TPSA) is 49.9 Å². The summed E-state index contributed by atoms with van der Waals surface area (Å²) >= 11 is 9.62. The number of benzene rings is 2. The molecule has 0 aromatic heterocycles. The zero-order valence-electron chi connectivity index (χ0n) is 14.2. The van der Waals surface area contributed by atoms with Gasteiger partial charge >= 0.3 is 0 Å². The van der Waals surface area contributed by atoms with Gasteiger partial charge in [-0.05, 0) is 48.9 Å². The lowest BCUT2D eigenvalue weighted by atomic mass is 10.2. The van der Waals surface area contributed by atoms with Crippen molar-refractivity contribution in [1.82, 2.24) is 4.90 Å². The van der Waals surface area contributed by atoms with Crippen molar-refractivity contribution in [1.29, 1.82) is 0 Å². The number of hydrogen-bond acceptors (Lipinski definition) is 3. The van der Waals surface area contributed by atoms with Gasteiger partial charge in [-0.25, -0.2) is 0 Å². The highest BCUT2D eigenvalue weighted by Gasteiger charge is 2.27. The molecule has 1 aliphatic heterocycles. The number of amides is 2. The standard InChI is InChI=1S/C19H18BrClN2O3/c1-26-15-7-5-14(6-8-15)23(12-22-10-2-3-18(22)24)19(25)16-11-13(20)4-9-17(16)21/h4-9,11H,2-3,10,12H2,1H3. The van der Waals surface area contributed by atoms with E-state index in [0.717, 1.165) is 10.9 Å². The van der Waals surface area contributed by atoms with Crippen LogP contribution in [0, 0.1) is 0 Å². The number of rotatable bonds is 5. The Morgan fingerprint density at radius 1 is 1.27 bits per heavy atom. The molecule has 7 heteroatoms. The van der Waals surface area contributed by atoms with E-state index in [4.69, 9.17) is 16.3 Å². The summed E-state index contributed by atoms with van der Waals surface area (Å²) < 4.78 is 5.95. The fraction of sp³-hybridized carbons (Fsp3) is 0.263. The van der Waals surface area contributed by atoms with Crippen molar-refractivity contribution in [3.8, 4) is 5.75 Å². The number of methoxy groups -OCH3 is 1. The lowest BCUT2D eigenvalue weighted by molar-refractivity contribution is -0.127. The Hall–Kier alpha value is -2.05. The summed E-state index contributed by atoms with van der Waals surface area (Å²) in [5.74, 6) is 0.483. The van der Waals surface area contributed by atoms with Gasteiger partial charge in [0.2, 0.25) is 5.91 Å². The number of anilines is 1. The fourth-order valence-electron chi connectivity index (χ4n) is 2.86. The summed E-state index contributed by atoms with van der Waals surface area (Å²) in [6, 6.07) is 12.3. The average Bonchev–Trinajstić information content (AvgIpc) is 3.06. The molecule has 1 aliphatic rings. The molecule has 0 atom stereocenters. The van der Waals surface area contributed by atoms with Crippen molar-refractivity contribution in [2.75, 3.05) is 25.2 Å². The van der Waals surface area contributed by atoms with Gasteiger partial charge in [0, 0.05) is 23.1 Å². The first kappa shape index (κ1) is 18.7. The molecular weight excluding hydrogens is 420 g/mol. The molecule has 2 aromatic carbocycles. The van der Waals surface area contributed by atoms with E-state index in [2.05, 4.69) is 15.9 Å². The Bertz CT molecular complexity index is 826. The molecule has 1 fully saturated rings. The number of ether oxygens (including phenoxy) is 1. The van der Waals surface area contributed by atoms with Crippen LogP contribution in [0.1, 0.15) is 23.2 Å². The van der Waals surface area contributed by atoms with Gasteiger partial charge in [-0.1, -0.05) is 27.5 Å². The first-order valence-electron chi connectivity index (χ1n) is 8.18. The van der Waals surface area contributed by atoms with Crippen molar-refractivity contribution < 1.29 is 14.3 Å². The predicted molar refractivity (Wildman–Crippen MR) is 105 cm³/mol. The zero-order chi connectivity index (χ0) is 18.7. The highest BCUT2D eigenvalue weighted by Crippen LogP contribution is 2.27. The number of hydrogen-bond donors (Lipinski definition) is 0. The molecule has 0 N–H and O–H groups in total. The Morgan fingerprint density at radius 2 is 2.00 bits per heavy atom. The van der Waals surface area contributed by atoms with Gasteiger partial charge in [0.1, 0.15) is 12.4 Å². The molecule has 0 spiro atoms. The lowest BCUT2D eigenvalue weighted by Crippen LogP contribution is -2.42. The van der Waals surface area contributed by atoms with Crippen LogP contribution in [0.5, 0.6) is 5.75 Å². The highest BCUT2D eigenvalue weighted by molar-refractivity contribution is 9.10. The van der Waals surface area contributed by atoms with Crippen LogP contribution in [-0.2, 0) is 4.79 Å². The van der Waals surface area contributed by atoms with Gasteiger partial charge in [-0.2, -0.15) is 0 Å². The maximum atomic E-state index is 13.2. The monoisotopic (exact) mass is 436 g/mol. The van der Waals surface area contributed by atoms with Gasteiger partial charge in [0.05, 0.1) is 17.7 Å². The number of carbonyl (C=O) groups excluding carboxylic acids is 2. The maximum Gasteiger partial charge on any atom is 0.261 e. The van der Waals surface area contributed by atoms with Crippen LogP contribution in [0.4, 0.5) is 5.69 Å². The summed E-state index contributed by atoms with van der Waals surface area (Å²) in [6.07, 6.45) is 1.32. The first-order chi connectivity index (χ1) is 12.5. The minimum absolute atomic E-state index is 0.0525. The second-order valence-electron chi connectivity index (χ2n) is 5.96. The maximum absolute atomic E-state index is 13.2. The molecule has 5 nitrogen and oxygen atoms in total. The van der Waals surface area contributed by atoms with Crippen LogP contribution in [-0.4, -0.2) is 37.0 Å². The molecule has 0 bridgehead atoms. The van der Waals surface area contributed by atoms with E-state index in [0.29, 0.717) is 35.0 Å². The smallest absolute Gasteiger partial charge is 0.261 e. The summed E-state index contributed by atoms with van der Waals surface area (Å²) in [5.41, 5.74) is 1.05. The quantitative estimate of drug-likeness (QED) is 0.699. The van der Waals surface area contributed by atoms with E-state index in [1.165, 1.54) is 0 Å². The second-order valence-corrected chi connectivity index (χ2v) is 7.28.